The molecule has 0 N–H and O–H groups in total. The molecule has 0 fully saturated rings. The van der Waals surface area contributed by atoms with Crippen molar-refractivity contribution in [2.75, 3.05) is 0 Å². The van der Waals surface area contributed by atoms with Crippen molar-refractivity contribution < 1.29 is 0 Å². The zero-order valence-corrected chi connectivity index (χ0v) is 25.1. The van der Waals surface area contributed by atoms with E-state index in [0.717, 1.165) is 0 Å². The van der Waals surface area contributed by atoms with E-state index in [2.05, 4.69) is 140 Å². The van der Waals surface area contributed by atoms with E-state index in [4.69, 9.17) is 0 Å². The molecule has 6 aromatic rings. The predicted octanol–water partition coefficient (Wildman–Crippen LogP) is 11.5. The van der Waals surface area contributed by atoms with Gasteiger partial charge in [0.05, 0.1) is 0 Å². The van der Waals surface area contributed by atoms with E-state index in [1.54, 1.807) is 0 Å². The molecule has 6 aromatic carbocycles. The maximum atomic E-state index is 2.41. The molecule has 0 nitrogen and oxygen atoms in total. The van der Waals surface area contributed by atoms with Gasteiger partial charge >= 0.3 is 0 Å². The van der Waals surface area contributed by atoms with Crippen molar-refractivity contribution in [1.29, 1.82) is 0 Å². The van der Waals surface area contributed by atoms with E-state index in [1.807, 2.05) is 0 Å². The molecule has 0 radical (unpaired) electrons. The van der Waals surface area contributed by atoms with Gasteiger partial charge in [-0.3, -0.25) is 0 Å². The lowest BCUT2D eigenvalue weighted by molar-refractivity contribution is 1.32. The van der Waals surface area contributed by atoms with E-state index in [-0.39, 0.29) is 0 Å². The smallest absolute Gasteiger partial charge is 0.00215 e. The minimum Gasteiger partial charge on any atom is -0.0617 e. The SMILES string of the molecule is Cc1cc(C)c(-c2ccc3c(-c4c(C)cccc4C)c4ccc(-c5c(C)cc(C)cc5C)cc4cc3c2)c(C)c1. The molecule has 0 aliphatic rings. The van der Waals surface area contributed by atoms with Crippen LogP contribution >= 0.6 is 0 Å². The van der Waals surface area contributed by atoms with Crippen molar-refractivity contribution in [3.8, 4) is 33.4 Å². The Morgan fingerprint density at radius 1 is 0.325 bits per heavy atom. The first-order valence-corrected chi connectivity index (χ1v) is 14.4. The molecular formula is C40H38. The van der Waals surface area contributed by atoms with Crippen LogP contribution in [0.3, 0.4) is 0 Å². The van der Waals surface area contributed by atoms with Crippen LogP contribution in [0.2, 0.25) is 0 Å². The van der Waals surface area contributed by atoms with Gasteiger partial charge in [0.25, 0.3) is 0 Å². The van der Waals surface area contributed by atoms with Crippen molar-refractivity contribution in [3.05, 3.63) is 129 Å². The number of aryl methyl sites for hydroxylation is 8. The van der Waals surface area contributed by atoms with Gasteiger partial charge in [-0.1, -0.05) is 77.9 Å². The Bertz CT molecular complexity index is 1780. The van der Waals surface area contributed by atoms with Crippen LogP contribution in [-0.4, -0.2) is 0 Å². The van der Waals surface area contributed by atoms with Crippen LogP contribution in [0.4, 0.5) is 0 Å². The molecule has 40 heavy (non-hydrogen) atoms. The lowest BCUT2D eigenvalue weighted by Crippen LogP contribution is -1.94. The first kappa shape index (κ1) is 26.1. The second-order valence-electron chi connectivity index (χ2n) is 11.9. The fourth-order valence-corrected chi connectivity index (χ4v) is 7.19. The highest BCUT2D eigenvalue weighted by atomic mass is 14.2. The third kappa shape index (κ3) is 4.33. The highest BCUT2D eigenvalue weighted by molar-refractivity contribution is 6.15. The minimum atomic E-state index is 1.29. The summed E-state index contributed by atoms with van der Waals surface area (Å²) in [6.07, 6.45) is 0. The van der Waals surface area contributed by atoms with Crippen LogP contribution in [0.15, 0.2) is 84.9 Å². The van der Waals surface area contributed by atoms with Gasteiger partial charge in [0, 0.05) is 0 Å². The average molecular weight is 519 g/mol. The van der Waals surface area contributed by atoms with Gasteiger partial charge in [-0.05, 0) is 162 Å². The summed E-state index contributed by atoms with van der Waals surface area (Å²) < 4.78 is 0. The molecule has 0 saturated carbocycles. The molecule has 198 valence electrons. The molecule has 0 unspecified atom stereocenters. The van der Waals surface area contributed by atoms with Crippen LogP contribution < -0.4 is 0 Å². The van der Waals surface area contributed by atoms with Gasteiger partial charge in [-0.2, -0.15) is 0 Å². The third-order valence-electron chi connectivity index (χ3n) is 8.62. The summed E-state index contributed by atoms with van der Waals surface area (Å²) in [5.41, 5.74) is 18.6. The van der Waals surface area contributed by atoms with Gasteiger partial charge in [-0.25, -0.2) is 0 Å². The summed E-state index contributed by atoms with van der Waals surface area (Å²) >= 11 is 0. The summed E-state index contributed by atoms with van der Waals surface area (Å²) in [6, 6.07) is 32.4. The maximum Gasteiger partial charge on any atom is -0.00215 e. The van der Waals surface area contributed by atoms with Gasteiger partial charge in [0.1, 0.15) is 0 Å². The summed E-state index contributed by atoms with van der Waals surface area (Å²) in [6.45, 7) is 17.8. The fourth-order valence-electron chi connectivity index (χ4n) is 7.19. The van der Waals surface area contributed by atoms with Crippen LogP contribution in [0.1, 0.15) is 44.5 Å². The first-order valence-electron chi connectivity index (χ1n) is 14.4. The van der Waals surface area contributed by atoms with E-state index >= 15 is 0 Å². The summed E-state index contributed by atoms with van der Waals surface area (Å²) in [4.78, 5) is 0. The largest absolute Gasteiger partial charge is 0.0617 e. The molecular weight excluding hydrogens is 480 g/mol. The van der Waals surface area contributed by atoms with E-state index < -0.39 is 0 Å². The van der Waals surface area contributed by atoms with E-state index in [9.17, 15) is 0 Å². The predicted molar refractivity (Wildman–Crippen MR) is 176 cm³/mol. The van der Waals surface area contributed by atoms with Crippen molar-refractivity contribution >= 4 is 21.5 Å². The Morgan fingerprint density at radius 2 is 0.725 bits per heavy atom. The number of rotatable bonds is 3. The van der Waals surface area contributed by atoms with Crippen molar-refractivity contribution in [2.24, 2.45) is 0 Å². The quantitative estimate of drug-likeness (QED) is 0.204. The Hall–Kier alpha value is -4.16. The zero-order valence-electron chi connectivity index (χ0n) is 25.1. The van der Waals surface area contributed by atoms with Gasteiger partial charge < -0.3 is 0 Å². The summed E-state index contributed by atoms with van der Waals surface area (Å²) in [7, 11) is 0. The van der Waals surface area contributed by atoms with Crippen molar-refractivity contribution in [2.45, 2.75) is 55.4 Å². The fraction of sp³-hybridized carbons (Fsp3) is 0.200. The van der Waals surface area contributed by atoms with Crippen molar-refractivity contribution in [3.63, 3.8) is 0 Å². The Labute approximate surface area is 239 Å². The van der Waals surface area contributed by atoms with Crippen molar-refractivity contribution in [1.82, 2.24) is 0 Å². The minimum absolute atomic E-state index is 1.29. The van der Waals surface area contributed by atoms with Crippen LogP contribution in [0, 0.1) is 55.4 Å². The Morgan fingerprint density at radius 3 is 1.12 bits per heavy atom. The molecule has 0 atom stereocenters. The number of fused-ring (bicyclic) bond motifs is 2. The zero-order chi connectivity index (χ0) is 28.3. The van der Waals surface area contributed by atoms with Crippen LogP contribution in [0.25, 0.3) is 54.9 Å². The molecule has 0 aliphatic heterocycles. The van der Waals surface area contributed by atoms with Gasteiger partial charge in [-0.15, -0.1) is 0 Å². The Kier molecular flexibility index (Phi) is 6.38. The first-order chi connectivity index (χ1) is 19.1. The van der Waals surface area contributed by atoms with Gasteiger partial charge in [0.15, 0.2) is 0 Å². The maximum absolute atomic E-state index is 2.41. The normalized spacial score (nSPS) is 11.5. The molecule has 0 heterocycles. The highest BCUT2D eigenvalue weighted by Crippen LogP contribution is 2.43. The second kappa shape index (κ2) is 9.79. The number of hydrogen-bond donors (Lipinski definition) is 0. The molecule has 0 amide bonds. The molecule has 0 saturated heterocycles. The third-order valence-corrected chi connectivity index (χ3v) is 8.62. The topological polar surface area (TPSA) is 0 Å². The Balaban J connectivity index is 1.70. The molecule has 0 spiro atoms. The lowest BCUT2D eigenvalue weighted by atomic mass is 9.85. The molecule has 0 aliphatic carbocycles. The molecule has 0 aromatic heterocycles. The van der Waals surface area contributed by atoms with Gasteiger partial charge in [0.2, 0.25) is 0 Å². The monoisotopic (exact) mass is 518 g/mol. The lowest BCUT2D eigenvalue weighted by Gasteiger charge is -2.19. The molecule has 0 bridgehead atoms. The number of hydrogen-bond acceptors (Lipinski definition) is 0. The van der Waals surface area contributed by atoms with E-state index in [1.165, 1.54) is 99.4 Å². The average Bonchev–Trinajstić information content (AvgIpc) is 2.86. The van der Waals surface area contributed by atoms with Crippen LogP contribution in [0.5, 0.6) is 0 Å². The number of benzene rings is 6. The summed E-state index contributed by atoms with van der Waals surface area (Å²) in [5, 5.41) is 5.20. The van der Waals surface area contributed by atoms with Crippen LogP contribution in [-0.2, 0) is 0 Å². The molecule has 0 heteroatoms. The molecule has 6 rings (SSSR count). The summed E-state index contributed by atoms with van der Waals surface area (Å²) in [5.74, 6) is 0. The van der Waals surface area contributed by atoms with E-state index in [0.29, 0.717) is 0 Å². The standard InChI is InChI=1S/C40H38/c1-23-16-27(5)37(28(6)17-23)31-12-14-35-33(20-31)22-34-21-32(38-29(7)18-24(2)19-30(38)8)13-15-36(34)40(35)39-25(3)10-9-11-26(39)4/h9-22H,1-8H3. The second-order valence-corrected chi connectivity index (χ2v) is 11.9. The highest BCUT2D eigenvalue weighted by Gasteiger charge is 2.17.